The number of rotatable bonds is 6. The molecule has 5 nitrogen and oxygen atoms in total. The molecule has 3 aromatic rings. The van der Waals surface area contributed by atoms with Gasteiger partial charge in [-0.2, -0.15) is 0 Å². The Kier molecular flexibility index (Phi) is 6.55. The van der Waals surface area contributed by atoms with Crippen molar-refractivity contribution in [2.24, 2.45) is 0 Å². The Morgan fingerprint density at radius 2 is 1.72 bits per heavy atom. The molecule has 4 rings (SSSR count). The van der Waals surface area contributed by atoms with Crippen LogP contribution in [0.4, 0.5) is 11.4 Å². The summed E-state index contributed by atoms with van der Waals surface area (Å²) < 4.78 is 0. The Balaban J connectivity index is 1.50. The van der Waals surface area contributed by atoms with Gasteiger partial charge in [0, 0.05) is 13.1 Å². The van der Waals surface area contributed by atoms with Gasteiger partial charge in [0.05, 0.1) is 22.5 Å². The molecule has 0 spiro atoms. The van der Waals surface area contributed by atoms with Crippen LogP contribution in [-0.4, -0.2) is 24.9 Å². The molecule has 1 aliphatic heterocycles. The topological polar surface area (TPSA) is 70.2 Å². The second-order valence-electron chi connectivity index (χ2n) is 8.38. The Bertz CT molecular complexity index is 1130. The third kappa shape index (κ3) is 4.83. The summed E-state index contributed by atoms with van der Waals surface area (Å²) in [4.78, 5) is 26.1. The van der Waals surface area contributed by atoms with E-state index >= 15 is 0 Å². The Morgan fingerprint density at radius 3 is 2.53 bits per heavy atom. The summed E-state index contributed by atoms with van der Waals surface area (Å²) in [5.41, 5.74) is 5.87. The molecule has 32 heavy (non-hydrogen) atoms. The van der Waals surface area contributed by atoms with E-state index in [0.717, 1.165) is 30.6 Å². The predicted octanol–water partition coefficient (Wildman–Crippen LogP) is 5.14. The van der Waals surface area contributed by atoms with E-state index in [-0.39, 0.29) is 11.8 Å². The van der Waals surface area contributed by atoms with Crippen molar-refractivity contribution in [3.63, 3.8) is 0 Å². The van der Waals surface area contributed by atoms with Gasteiger partial charge >= 0.3 is 0 Å². The number of hydrogen-bond donors (Lipinski definition) is 3. The van der Waals surface area contributed by atoms with Crippen molar-refractivity contribution in [1.82, 2.24) is 5.32 Å². The first-order chi connectivity index (χ1) is 15.5. The summed E-state index contributed by atoms with van der Waals surface area (Å²) in [5, 5.41) is 9.33. The number of anilines is 2. The molecule has 0 bridgehead atoms. The van der Waals surface area contributed by atoms with Crippen LogP contribution >= 0.6 is 0 Å². The Labute approximate surface area is 189 Å². The van der Waals surface area contributed by atoms with Crippen molar-refractivity contribution >= 4 is 23.2 Å². The normalized spacial score (nSPS) is 14.8. The maximum Gasteiger partial charge on any atom is 0.257 e. The lowest BCUT2D eigenvalue weighted by Crippen LogP contribution is -2.27. The van der Waals surface area contributed by atoms with Crippen molar-refractivity contribution in [2.45, 2.75) is 32.6 Å². The van der Waals surface area contributed by atoms with Crippen molar-refractivity contribution in [3.05, 3.63) is 94.5 Å². The zero-order valence-electron chi connectivity index (χ0n) is 18.6. The fourth-order valence-corrected chi connectivity index (χ4v) is 4.19. The fraction of sp³-hybridized carbons (Fsp3) is 0.259. The van der Waals surface area contributed by atoms with Crippen LogP contribution in [0.3, 0.4) is 0 Å². The number of nitrogens with one attached hydrogen (secondary N) is 3. The number of amides is 2. The first-order valence-electron chi connectivity index (χ1n) is 11.1. The van der Waals surface area contributed by atoms with Gasteiger partial charge in [-0.3, -0.25) is 9.59 Å². The van der Waals surface area contributed by atoms with Gasteiger partial charge in [0.2, 0.25) is 0 Å². The number of para-hydroxylation sites is 1. The minimum absolute atomic E-state index is 0.199. The predicted molar refractivity (Wildman–Crippen MR) is 130 cm³/mol. The molecule has 5 heteroatoms. The summed E-state index contributed by atoms with van der Waals surface area (Å²) >= 11 is 0. The molecule has 0 fully saturated rings. The third-order valence-corrected chi connectivity index (χ3v) is 5.93. The zero-order chi connectivity index (χ0) is 22.5. The highest BCUT2D eigenvalue weighted by Crippen LogP contribution is 2.35. The van der Waals surface area contributed by atoms with Gasteiger partial charge in [0.15, 0.2) is 0 Å². The van der Waals surface area contributed by atoms with Crippen LogP contribution in [0.5, 0.6) is 0 Å². The van der Waals surface area contributed by atoms with Crippen molar-refractivity contribution in [2.75, 3.05) is 23.7 Å². The summed E-state index contributed by atoms with van der Waals surface area (Å²) in [6.07, 6.45) is 1.80. The van der Waals surface area contributed by atoms with Crippen molar-refractivity contribution in [3.8, 4) is 0 Å². The Hall–Kier alpha value is -3.60. The van der Waals surface area contributed by atoms with E-state index in [0.29, 0.717) is 29.3 Å². The SMILES string of the molecule is Cc1cc(C(=O)Nc2ccccc2C(=O)NCCc2ccccc2)c2c(c1)C(C)CCN2. The number of hydrogen-bond acceptors (Lipinski definition) is 3. The minimum atomic E-state index is -0.212. The molecule has 0 saturated heterocycles. The third-order valence-electron chi connectivity index (χ3n) is 5.93. The van der Waals surface area contributed by atoms with Gasteiger partial charge in [-0.1, -0.05) is 55.5 Å². The van der Waals surface area contributed by atoms with Gasteiger partial charge in [-0.05, 0) is 60.6 Å². The van der Waals surface area contributed by atoms with Crippen molar-refractivity contribution < 1.29 is 9.59 Å². The van der Waals surface area contributed by atoms with Crippen LogP contribution in [0.1, 0.15) is 56.7 Å². The molecular weight excluding hydrogens is 398 g/mol. The zero-order valence-corrected chi connectivity index (χ0v) is 18.6. The summed E-state index contributed by atoms with van der Waals surface area (Å²) in [6.45, 7) is 5.57. The van der Waals surface area contributed by atoms with Crippen LogP contribution in [0, 0.1) is 6.92 Å². The molecule has 0 radical (unpaired) electrons. The largest absolute Gasteiger partial charge is 0.384 e. The maximum absolute atomic E-state index is 13.2. The molecule has 0 aromatic heterocycles. The average molecular weight is 428 g/mol. The van der Waals surface area contributed by atoms with Crippen molar-refractivity contribution in [1.29, 1.82) is 0 Å². The number of carbonyl (C=O) groups is 2. The quantitative estimate of drug-likeness (QED) is 0.510. The van der Waals surface area contributed by atoms with E-state index in [4.69, 9.17) is 0 Å². The highest BCUT2D eigenvalue weighted by molar-refractivity contribution is 6.11. The second-order valence-corrected chi connectivity index (χ2v) is 8.38. The summed E-state index contributed by atoms with van der Waals surface area (Å²) in [5.74, 6) is -0.00804. The summed E-state index contributed by atoms with van der Waals surface area (Å²) in [7, 11) is 0. The second kappa shape index (κ2) is 9.69. The average Bonchev–Trinajstić information content (AvgIpc) is 2.80. The van der Waals surface area contributed by atoms with Crippen LogP contribution in [0.15, 0.2) is 66.7 Å². The molecule has 3 N–H and O–H groups in total. The number of benzene rings is 3. The molecule has 0 aliphatic carbocycles. The lowest BCUT2D eigenvalue weighted by Gasteiger charge is -2.26. The molecule has 164 valence electrons. The molecule has 1 unspecified atom stereocenters. The highest BCUT2D eigenvalue weighted by Gasteiger charge is 2.23. The minimum Gasteiger partial charge on any atom is -0.384 e. The van der Waals surface area contributed by atoms with E-state index in [9.17, 15) is 9.59 Å². The first kappa shape index (κ1) is 21.6. The van der Waals surface area contributed by atoms with E-state index < -0.39 is 0 Å². The molecule has 2 amide bonds. The summed E-state index contributed by atoms with van der Waals surface area (Å²) in [6, 6.07) is 21.2. The molecule has 1 aliphatic rings. The number of aryl methyl sites for hydroxylation is 1. The molecule has 0 saturated carbocycles. The number of carbonyl (C=O) groups excluding carboxylic acids is 2. The Morgan fingerprint density at radius 1 is 0.969 bits per heavy atom. The standard InChI is InChI=1S/C27H29N3O2/c1-18-16-22-19(2)12-14-28-25(22)23(17-18)27(32)30-24-11-7-6-10-21(24)26(31)29-15-13-20-8-4-3-5-9-20/h3-11,16-17,19,28H,12-15H2,1-2H3,(H,29,31)(H,30,32). The highest BCUT2D eigenvalue weighted by atomic mass is 16.2. The van der Waals surface area contributed by atoms with Gasteiger partial charge in [0.1, 0.15) is 0 Å². The number of fused-ring (bicyclic) bond motifs is 1. The first-order valence-corrected chi connectivity index (χ1v) is 11.1. The fourth-order valence-electron chi connectivity index (χ4n) is 4.19. The van der Waals surface area contributed by atoms with Crippen LogP contribution < -0.4 is 16.0 Å². The van der Waals surface area contributed by atoms with Gasteiger partial charge in [0.25, 0.3) is 11.8 Å². The van der Waals surface area contributed by atoms with Crippen LogP contribution in [0.25, 0.3) is 0 Å². The van der Waals surface area contributed by atoms with E-state index in [2.05, 4.69) is 28.9 Å². The van der Waals surface area contributed by atoms with E-state index in [1.165, 1.54) is 11.1 Å². The van der Waals surface area contributed by atoms with Crippen LogP contribution in [-0.2, 0) is 6.42 Å². The molecule has 1 heterocycles. The van der Waals surface area contributed by atoms with Gasteiger partial charge in [-0.15, -0.1) is 0 Å². The smallest absolute Gasteiger partial charge is 0.257 e. The van der Waals surface area contributed by atoms with Crippen LogP contribution in [0.2, 0.25) is 0 Å². The lowest BCUT2D eigenvalue weighted by atomic mass is 9.89. The molecule has 3 aromatic carbocycles. The van der Waals surface area contributed by atoms with Gasteiger partial charge in [-0.25, -0.2) is 0 Å². The van der Waals surface area contributed by atoms with Gasteiger partial charge < -0.3 is 16.0 Å². The lowest BCUT2D eigenvalue weighted by molar-refractivity contribution is 0.0955. The maximum atomic E-state index is 13.2. The van der Waals surface area contributed by atoms with E-state index in [1.54, 1.807) is 18.2 Å². The van der Waals surface area contributed by atoms with E-state index in [1.807, 2.05) is 49.4 Å². The molecular formula is C27H29N3O2. The molecule has 1 atom stereocenters. The monoisotopic (exact) mass is 427 g/mol.